The third-order valence-corrected chi connectivity index (χ3v) is 2.40. The van der Waals surface area contributed by atoms with Gasteiger partial charge in [-0.15, -0.1) is 0 Å². The highest BCUT2D eigenvalue weighted by atomic mass is 16.5. The third-order valence-electron chi connectivity index (χ3n) is 2.40. The maximum atomic E-state index is 5.07. The molecule has 0 radical (unpaired) electrons. The van der Waals surface area contributed by atoms with Crippen LogP contribution >= 0.6 is 0 Å². The summed E-state index contributed by atoms with van der Waals surface area (Å²) in [5, 5.41) is 7.09. The van der Waals surface area contributed by atoms with Gasteiger partial charge in [-0.2, -0.15) is 4.98 Å². The zero-order valence-electron chi connectivity index (χ0n) is 8.08. The molecule has 1 N–H and O–H groups in total. The van der Waals surface area contributed by atoms with Gasteiger partial charge in [-0.3, -0.25) is 0 Å². The molecular weight excluding hydrogens is 166 g/mol. The number of hydrogen-bond donors (Lipinski definition) is 1. The Kier molecular flexibility index (Phi) is 2.20. The molecule has 1 heterocycles. The van der Waals surface area contributed by atoms with E-state index in [1.807, 2.05) is 0 Å². The molecule has 4 heteroatoms. The van der Waals surface area contributed by atoms with Crippen LogP contribution in [0, 0.1) is 0 Å². The molecule has 1 aliphatic rings. The summed E-state index contributed by atoms with van der Waals surface area (Å²) >= 11 is 0. The first-order chi connectivity index (χ1) is 6.29. The smallest absolute Gasteiger partial charge is 0.321 e. The van der Waals surface area contributed by atoms with Crippen LogP contribution in [0.25, 0.3) is 0 Å². The Morgan fingerprint density at radius 2 is 2.38 bits per heavy atom. The van der Waals surface area contributed by atoms with E-state index in [0.29, 0.717) is 18.0 Å². The SMILES string of the molecule is CCC(C)c1noc(NC2CC2)n1. The van der Waals surface area contributed by atoms with E-state index in [-0.39, 0.29) is 0 Å². The molecule has 13 heavy (non-hydrogen) atoms. The highest BCUT2D eigenvalue weighted by molar-refractivity contribution is 5.23. The summed E-state index contributed by atoms with van der Waals surface area (Å²) in [6, 6.07) is 1.16. The molecule has 1 unspecified atom stereocenters. The fraction of sp³-hybridized carbons (Fsp3) is 0.778. The predicted octanol–water partition coefficient (Wildman–Crippen LogP) is 2.16. The van der Waals surface area contributed by atoms with Gasteiger partial charge in [-0.1, -0.05) is 19.0 Å². The van der Waals surface area contributed by atoms with E-state index in [4.69, 9.17) is 4.52 Å². The van der Waals surface area contributed by atoms with Gasteiger partial charge in [0.05, 0.1) is 0 Å². The maximum Gasteiger partial charge on any atom is 0.321 e. The Morgan fingerprint density at radius 3 is 3.00 bits per heavy atom. The predicted molar refractivity (Wildman–Crippen MR) is 49.6 cm³/mol. The van der Waals surface area contributed by atoms with Crippen LogP contribution in [0.3, 0.4) is 0 Å². The number of rotatable bonds is 4. The monoisotopic (exact) mass is 181 g/mol. The lowest BCUT2D eigenvalue weighted by Gasteiger charge is -1.98. The molecule has 1 fully saturated rings. The summed E-state index contributed by atoms with van der Waals surface area (Å²) in [6.45, 7) is 4.22. The highest BCUT2D eigenvalue weighted by Gasteiger charge is 2.23. The maximum absolute atomic E-state index is 5.07. The van der Waals surface area contributed by atoms with Crippen LogP contribution in [-0.2, 0) is 0 Å². The van der Waals surface area contributed by atoms with Crippen LogP contribution in [-0.4, -0.2) is 16.2 Å². The minimum Gasteiger partial charge on any atom is -0.335 e. The zero-order chi connectivity index (χ0) is 9.26. The second-order valence-electron chi connectivity index (χ2n) is 3.69. The second kappa shape index (κ2) is 3.36. The molecule has 0 spiro atoms. The van der Waals surface area contributed by atoms with Crippen molar-refractivity contribution in [2.45, 2.75) is 45.1 Å². The minimum atomic E-state index is 0.388. The fourth-order valence-electron chi connectivity index (χ4n) is 1.08. The number of anilines is 1. The summed E-state index contributed by atoms with van der Waals surface area (Å²) in [7, 11) is 0. The van der Waals surface area contributed by atoms with Gasteiger partial charge < -0.3 is 9.84 Å². The fourth-order valence-corrected chi connectivity index (χ4v) is 1.08. The van der Waals surface area contributed by atoms with Crippen molar-refractivity contribution >= 4 is 6.01 Å². The molecule has 4 nitrogen and oxygen atoms in total. The van der Waals surface area contributed by atoms with E-state index in [9.17, 15) is 0 Å². The van der Waals surface area contributed by atoms with Crippen LogP contribution in [0.2, 0.25) is 0 Å². The van der Waals surface area contributed by atoms with Crippen molar-refractivity contribution in [2.24, 2.45) is 0 Å². The van der Waals surface area contributed by atoms with Gasteiger partial charge in [0.15, 0.2) is 5.82 Å². The topological polar surface area (TPSA) is 51.0 Å². The highest BCUT2D eigenvalue weighted by Crippen LogP contribution is 2.24. The number of nitrogens with zero attached hydrogens (tertiary/aromatic N) is 2. The summed E-state index contributed by atoms with van der Waals surface area (Å²) in [6.07, 6.45) is 3.49. The Balaban J connectivity index is 1.99. The van der Waals surface area contributed by atoms with Gasteiger partial charge in [0.2, 0.25) is 0 Å². The first kappa shape index (κ1) is 8.53. The molecule has 1 aromatic heterocycles. The van der Waals surface area contributed by atoms with E-state index in [1.54, 1.807) is 0 Å². The van der Waals surface area contributed by atoms with E-state index in [0.717, 1.165) is 12.2 Å². The Bertz CT molecular complexity index is 280. The molecular formula is C9H15N3O. The average molecular weight is 181 g/mol. The number of aromatic nitrogens is 2. The van der Waals surface area contributed by atoms with Crippen molar-refractivity contribution in [3.05, 3.63) is 5.82 Å². The van der Waals surface area contributed by atoms with Crippen molar-refractivity contribution in [1.82, 2.24) is 10.1 Å². The Labute approximate surface area is 77.7 Å². The minimum absolute atomic E-state index is 0.388. The van der Waals surface area contributed by atoms with Crippen molar-refractivity contribution in [1.29, 1.82) is 0 Å². The summed E-state index contributed by atoms with van der Waals surface area (Å²) in [5.41, 5.74) is 0. The number of hydrogen-bond acceptors (Lipinski definition) is 4. The molecule has 1 aromatic rings. The van der Waals surface area contributed by atoms with Crippen LogP contribution in [0.4, 0.5) is 6.01 Å². The van der Waals surface area contributed by atoms with E-state index < -0.39 is 0 Å². The summed E-state index contributed by atoms with van der Waals surface area (Å²) in [4.78, 5) is 4.27. The zero-order valence-corrected chi connectivity index (χ0v) is 8.08. The summed E-state index contributed by atoms with van der Waals surface area (Å²) in [5.74, 6) is 1.20. The van der Waals surface area contributed by atoms with Gasteiger partial charge in [-0.05, 0) is 19.3 Å². The second-order valence-corrected chi connectivity index (χ2v) is 3.69. The average Bonchev–Trinajstić information content (AvgIpc) is 2.81. The van der Waals surface area contributed by atoms with Gasteiger partial charge in [0.25, 0.3) is 0 Å². The molecule has 72 valence electrons. The van der Waals surface area contributed by atoms with E-state index in [2.05, 4.69) is 29.3 Å². The molecule has 1 aliphatic carbocycles. The molecule has 0 amide bonds. The molecule has 2 rings (SSSR count). The lowest BCUT2D eigenvalue weighted by Crippen LogP contribution is -2.01. The van der Waals surface area contributed by atoms with Crippen molar-refractivity contribution < 1.29 is 4.52 Å². The Morgan fingerprint density at radius 1 is 1.62 bits per heavy atom. The van der Waals surface area contributed by atoms with Crippen molar-refractivity contribution in [3.63, 3.8) is 0 Å². The normalized spacial score (nSPS) is 18.6. The number of nitrogens with one attached hydrogen (secondary N) is 1. The van der Waals surface area contributed by atoms with Gasteiger partial charge >= 0.3 is 6.01 Å². The lowest BCUT2D eigenvalue weighted by molar-refractivity contribution is 0.416. The summed E-state index contributed by atoms with van der Waals surface area (Å²) < 4.78 is 5.07. The van der Waals surface area contributed by atoms with Crippen LogP contribution in [0.1, 0.15) is 44.9 Å². The van der Waals surface area contributed by atoms with Gasteiger partial charge in [-0.25, -0.2) is 0 Å². The van der Waals surface area contributed by atoms with E-state index >= 15 is 0 Å². The van der Waals surface area contributed by atoms with Gasteiger partial charge in [0, 0.05) is 12.0 Å². The molecule has 0 saturated heterocycles. The van der Waals surface area contributed by atoms with Crippen LogP contribution in [0.15, 0.2) is 4.52 Å². The standard InChI is InChI=1S/C9H15N3O/c1-3-6(2)8-11-9(13-12-8)10-7-4-5-7/h6-7H,3-5H2,1-2H3,(H,10,11,12). The first-order valence-electron chi connectivity index (χ1n) is 4.89. The molecule has 0 bridgehead atoms. The molecule has 0 aliphatic heterocycles. The first-order valence-corrected chi connectivity index (χ1v) is 4.89. The molecule has 0 aromatic carbocycles. The lowest BCUT2D eigenvalue weighted by atomic mass is 10.1. The van der Waals surface area contributed by atoms with Gasteiger partial charge in [0.1, 0.15) is 0 Å². The Hall–Kier alpha value is -1.06. The molecule has 1 saturated carbocycles. The third kappa shape index (κ3) is 1.99. The van der Waals surface area contributed by atoms with Crippen LogP contribution in [0.5, 0.6) is 0 Å². The van der Waals surface area contributed by atoms with Crippen LogP contribution < -0.4 is 5.32 Å². The van der Waals surface area contributed by atoms with Crippen molar-refractivity contribution in [3.8, 4) is 0 Å². The largest absolute Gasteiger partial charge is 0.335 e. The molecule has 1 atom stereocenters. The quantitative estimate of drug-likeness (QED) is 0.773. The van der Waals surface area contributed by atoms with E-state index in [1.165, 1.54) is 12.8 Å². The van der Waals surface area contributed by atoms with Crippen molar-refractivity contribution in [2.75, 3.05) is 5.32 Å².